The number of aliphatic hydroxyl groups excluding tert-OH is 1. The molecule has 0 fully saturated rings. The van der Waals surface area contributed by atoms with Gasteiger partial charge in [-0.05, 0) is 6.92 Å². The Bertz CT molecular complexity index is 274. The van der Waals surface area contributed by atoms with Gasteiger partial charge in [-0.3, -0.25) is 0 Å². The predicted octanol–water partition coefficient (Wildman–Crippen LogP) is -0.281. The summed E-state index contributed by atoms with van der Waals surface area (Å²) in [5.41, 5.74) is 0. The first-order valence-corrected chi connectivity index (χ1v) is 4.43. The average Bonchev–Trinajstić information content (AvgIpc) is 2.27. The maximum Gasteiger partial charge on any atom is 0.378 e. The van der Waals surface area contributed by atoms with E-state index in [9.17, 15) is 14.7 Å². The molecule has 0 spiro atoms. The van der Waals surface area contributed by atoms with Crippen LogP contribution in [0.3, 0.4) is 0 Å². The Kier molecular flexibility index (Phi) is 5.41. The van der Waals surface area contributed by atoms with Gasteiger partial charge < -0.3 is 19.7 Å². The Morgan fingerprint density at radius 3 is 1.94 bits per heavy atom. The van der Waals surface area contributed by atoms with E-state index in [4.69, 9.17) is 5.11 Å². The molecular weight excluding hydrogens is 216 g/mol. The molecule has 0 amide bonds. The summed E-state index contributed by atoms with van der Waals surface area (Å²) < 4.78 is 8.92. The van der Waals surface area contributed by atoms with Crippen LogP contribution in [0, 0.1) is 5.92 Å². The number of rotatable bonds is 6. The summed E-state index contributed by atoms with van der Waals surface area (Å²) in [6.07, 6.45) is 1.58. The SMILES string of the molecule is C=CC(=O)OC(O)(OC(=O)C=C)C(C)CO. The Morgan fingerprint density at radius 1 is 1.31 bits per heavy atom. The van der Waals surface area contributed by atoms with Crippen LogP contribution in [-0.4, -0.2) is 34.7 Å². The van der Waals surface area contributed by atoms with E-state index < -0.39 is 30.4 Å². The number of esters is 2. The van der Waals surface area contributed by atoms with E-state index in [1.807, 2.05) is 0 Å². The van der Waals surface area contributed by atoms with Crippen molar-refractivity contribution in [1.29, 1.82) is 0 Å². The lowest BCUT2D eigenvalue weighted by Gasteiger charge is -2.30. The average molecular weight is 230 g/mol. The molecule has 0 heterocycles. The minimum absolute atomic E-state index is 0.550. The molecule has 0 saturated carbocycles. The number of carbonyl (C=O) groups is 2. The van der Waals surface area contributed by atoms with Crippen LogP contribution in [0.1, 0.15) is 6.92 Å². The first kappa shape index (κ1) is 14.3. The van der Waals surface area contributed by atoms with E-state index in [-0.39, 0.29) is 0 Å². The second-order valence-electron chi connectivity index (χ2n) is 2.96. The van der Waals surface area contributed by atoms with Crippen molar-refractivity contribution in [3.63, 3.8) is 0 Å². The maximum absolute atomic E-state index is 10.9. The van der Waals surface area contributed by atoms with Crippen LogP contribution in [-0.2, 0) is 19.1 Å². The summed E-state index contributed by atoms with van der Waals surface area (Å²) in [5.74, 6) is -5.52. The number of aliphatic hydroxyl groups is 2. The molecule has 2 N–H and O–H groups in total. The third-order valence-electron chi connectivity index (χ3n) is 1.72. The maximum atomic E-state index is 10.9. The molecule has 16 heavy (non-hydrogen) atoms. The van der Waals surface area contributed by atoms with Gasteiger partial charge in [0.2, 0.25) is 0 Å². The first-order chi connectivity index (χ1) is 7.39. The van der Waals surface area contributed by atoms with Gasteiger partial charge in [-0.2, -0.15) is 0 Å². The lowest BCUT2D eigenvalue weighted by atomic mass is 10.1. The summed E-state index contributed by atoms with van der Waals surface area (Å²) in [7, 11) is 0. The van der Waals surface area contributed by atoms with E-state index in [1.165, 1.54) is 6.92 Å². The normalized spacial score (nSPS) is 12.4. The number of hydrogen-bond acceptors (Lipinski definition) is 6. The van der Waals surface area contributed by atoms with Gasteiger partial charge in [0, 0.05) is 12.2 Å². The summed E-state index contributed by atoms with van der Waals surface area (Å²) in [4.78, 5) is 21.8. The molecule has 0 bridgehead atoms. The first-order valence-electron chi connectivity index (χ1n) is 4.43. The topological polar surface area (TPSA) is 93.1 Å². The van der Waals surface area contributed by atoms with Gasteiger partial charge in [-0.1, -0.05) is 13.2 Å². The summed E-state index contributed by atoms with van der Waals surface area (Å²) in [6, 6.07) is 0. The van der Waals surface area contributed by atoms with E-state index in [2.05, 4.69) is 22.6 Å². The van der Waals surface area contributed by atoms with Crippen LogP contribution in [0.2, 0.25) is 0 Å². The second kappa shape index (κ2) is 6.04. The summed E-state index contributed by atoms with van der Waals surface area (Å²) >= 11 is 0. The van der Waals surface area contributed by atoms with Gasteiger partial charge in [0.15, 0.2) is 0 Å². The van der Waals surface area contributed by atoms with Crippen LogP contribution in [0.4, 0.5) is 0 Å². The van der Waals surface area contributed by atoms with Crippen molar-refractivity contribution in [2.75, 3.05) is 6.61 Å². The molecule has 1 atom stereocenters. The molecule has 0 radical (unpaired) electrons. The highest BCUT2D eigenvalue weighted by Crippen LogP contribution is 2.21. The third-order valence-corrected chi connectivity index (χ3v) is 1.72. The Morgan fingerprint density at radius 2 is 1.69 bits per heavy atom. The van der Waals surface area contributed by atoms with E-state index in [1.54, 1.807) is 0 Å². The van der Waals surface area contributed by atoms with Crippen LogP contribution in [0.15, 0.2) is 25.3 Å². The molecule has 0 rings (SSSR count). The molecule has 0 aromatic rings. The quantitative estimate of drug-likeness (QED) is 0.370. The molecule has 6 heteroatoms. The minimum atomic E-state index is -2.54. The zero-order valence-electron chi connectivity index (χ0n) is 8.88. The lowest BCUT2D eigenvalue weighted by Crippen LogP contribution is -2.46. The fraction of sp³-hybridized carbons (Fsp3) is 0.400. The fourth-order valence-electron chi connectivity index (χ4n) is 0.709. The van der Waals surface area contributed by atoms with Gasteiger partial charge in [0.05, 0.1) is 12.5 Å². The molecule has 6 nitrogen and oxygen atoms in total. The van der Waals surface area contributed by atoms with Crippen LogP contribution in [0.25, 0.3) is 0 Å². The molecule has 0 aliphatic heterocycles. The van der Waals surface area contributed by atoms with Crippen molar-refractivity contribution >= 4 is 11.9 Å². The van der Waals surface area contributed by atoms with E-state index in [0.717, 1.165) is 12.2 Å². The van der Waals surface area contributed by atoms with Crippen molar-refractivity contribution in [3.8, 4) is 0 Å². The molecular formula is C10H14O6. The highest BCUT2D eigenvalue weighted by molar-refractivity contribution is 5.83. The molecule has 1 unspecified atom stereocenters. The number of hydrogen-bond donors (Lipinski definition) is 2. The van der Waals surface area contributed by atoms with Crippen molar-refractivity contribution in [2.24, 2.45) is 5.92 Å². The van der Waals surface area contributed by atoms with Gasteiger partial charge in [0.25, 0.3) is 0 Å². The fourth-order valence-corrected chi connectivity index (χ4v) is 0.709. The lowest BCUT2D eigenvalue weighted by molar-refractivity contribution is -0.347. The monoisotopic (exact) mass is 230 g/mol. The largest absolute Gasteiger partial charge is 0.396 e. The van der Waals surface area contributed by atoms with Gasteiger partial charge in [-0.25, -0.2) is 9.59 Å². The number of ether oxygens (including phenoxy) is 2. The molecule has 0 aromatic heterocycles. The predicted molar refractivity (Wildman–Crippen MR) is 53.8 cm³/mol. The Hall–Kier alpha value is -1.66. The molecule has 90 valence electrons. The van der Waals surface area contributed by atoms with Crippen molar-refractivity contribution < 1.29 is 29.3 Å². The smallest absolute Gasteiger partial charge is 0.378 e. The molecule has 0 aliphatic carbocycles. The zero-order valence-corrected chi connectivity index (χ0v) is 8.88. The minimum Gasteiger partial charge on any atom is -0.396 e. The van der Waals surface area contributed by atoms with Crippen LogP contribution < -0.4 is 0 Å². The zero-order chi connectivity index (χ0) is 12.8. The molecule has 0 saturated heterocycles. The van der Waals surface area contributed by atoms with Gasteiger partial charge in [0.1, 0.15) is 0 Å². The van der Waals surface area contributed by atoms with Crippen molar-refractivity contribution in [1.82, 2.24) is 0 Å². The van der Waals surface area contributed by atoms with Gasteiger partial charge in [-0.15, -0.1) is 0 Å². The standard InChI is InChI=1S/C10H14O6/c1-4-8(12)15-10(14,7(3)6-11)16-9(13)5-2/h4-5,7,11,14H,1-2,6H2,3H3. The second-order valence-corrected chi connectivity index (χ2v) is 2.96. The van der Waals surface area contributed by atoms with Crippen LogP contribution >= 0.6 is 0 Å². The van der Waals surface area contributed by atoms with Gasteiger partial charge >= 0.3 is 17.9 Å². The van der Waals surface area contributed by atoms with Crippen molar-refractivity contribution in [3.05, 3.63) is 25.3 Å². The third kappa shape index (κ3) is 3.84. The van der Waals surface area contributed by atoms with E-state index in [0.29, 0.717) is 0 Å². The number of carbonyl (C=O) groups excluding carboxylic acids is 2. The summed E-state index contributed by atoms with van der Waals surface area (Å²) in [6.45, 7) is 7.02. The summed E-state index contributed by atoms with van der Waals surface area (Å²) in [5, 5.41) is 18.6. The highest BCUT2D eigenvalue weighted by Gasteiger charge is 2.41. The van der Waals surface area contributed by atoms with Crippen molar-refractivity contribution in [2.45, 2.75) is 12.9 Å². The molecule has 0 aliphatic rings. The van der Waals surface area contributed by atoms with Crippen LogP contribution in [0.5, 0.6) is 0 Å². The highest BCUT2D eigenvalue weighted by atomic mass is 16.8. The Balaban J connectivity index is 4.86. The Labute approximate surface area is 92.8 Å². The van der Waals surface area contributed by atoms with E-state index >= 15 is 0 Å². The molecule has 0 aromatic carbocycles.